The van der Waals surface area contributed by atoms with Gasteiger partial charge in [0.05, 0.1) is 23.9 Å². The molecule has 2 aromatic rings. The lowest BCUT2D eigenvalue weighted by atomic mass is 10.1. The SMILES string of the molecule is CCCOCc1nc(-c2cccc(C#N)c2)cs1. The molecule has 18 heavy (non-hydrogen) atoms. The fourth-order valence-corrected chi connectivity index (χ4v) is 2.30. The maximum Gasteiger partial charge on any atom is 0.119 e. The van der Waals surface area contributed by atoms with Gasteiger partial charge < -0.3 is 4.74 Å². The van der Waals surface area contributed by atoms with E-state index in [0.717, 1.165) is 29.3 Å². The van der Waals surface area contributed by atoms with E-state index in [1.807, 2.05) is 23.6 Å². The van der Waals surface area contributed by atoms with Crippen molar-refractivity contribution in [3.8, 4) is 17.3 Å². The summed E-state index contributed by atoms with van der Waals surface area (Å²) < 4.78 is 5.46. The van der Waals surface area contributed by atoms with Crippen molar-refractivity contribution in [2.75, 3.05) is 6.61 Å². The highest BCUT2D eigenvalue weighted by Gasteiger charge is 2.05. The average Bonchev–Trinajstić information content (AvgIpc) is 2.88. The van der Waals surface area contributed by atoms with Gasteiger partial charge in [-0.05, 0) is 18.6 Å². The van der Waals surface area contributed by atoms with E-state index in [9.17, 15) is 0 Å². The number of benzene rings is 1. The van der Waals surface area contributed by atoms with Gasteiger partial charge in [-0.25, -0.2) is 4.98 Å². The molecule has 0 bridgehead atoms. The Morgan fingerprint density at radius 3 is 3.11 bits per heavy atom. The van der Waals surface area contributed by atoms with Gasteiger partial charge in [0.1, 0.15) is 5.01 Å². The van der Waals surface area contributed by atoms with Crippen LogP contribution in [0, 0.1) is 11.3 Å². The van der Waals surface area contributed by atoms with Gasteiger partial charge in [-0.1, -0.05) is 19.1 Å². The van der Waals surface area contributed by atoms with E-state index >= 15 is 0 Å². The number of ether oxygens (including phenoxy) is 1. The third-order valence-corrected chi connectivity index (χ3v) is 3.24. The van der Waals surface area contributed by atoms with E-state index in [0.29, 0.717) is 12.2 Å². The summed E-state index contributed by atoms with van der Waals surface area (Å²) in [5.41, 5.74) is 2.54. The van der Waals surface area contributed by atoms with Crippen LogP contribution >= 0.6 is 11.3 Å². The minimum absolute atomic E-state index is 0.566. The van der Waals surface area contributed by atoms with Crippen LogP contribution in [0.4, 0.5) is 0 Å². The average molecular weight is 258 g/mol. The Hall–Kier alpha value is -1.70. The van der Waals surface area contributed by atoms with Crippen LogP contribution in [0.2, 0.25) is 0 Å². The molecule has 1 aromatic carbocycles. The Morgan fingerprint density at radius 2 is 2.33 bits per heavy atom. The van der Waals surface area contributed by atoms with Crippen molar-refractivity contribution in [2.24, 2.45) is 0 Å². The van der Waals surface area contributed by atoms with Gasteiger partial charge in [0.2, 0.25) is 0 Å². The zero-order valence-electron chi connectivity index (χ0n) is 10.2. The van der Waals surface area contributed by atoms with E-state index in [4.69, 9.17) is 10.00 Å². The predicted molar refractivity (Wildman–Crippen MR) is 72.2 cm³/mol. The summed E-state index contributed by atoms with van der Waals surface area (Å²) >= 11 is 1.59. The third-order valence-electron chi connectivity index (χ3n) is 2.41. The van der Waals surface area contributed by atoms with Crippen molar-refractivity contribution in [2.45, 2.75) is 20.0 Å². The number of thiazole rings is 1. The maximum absolute atomic E-state index is 8.87. The van der Waals surface area contributed by atoms with Gasteiger partial charge in [0, 0.05) is 17.6 Å². The number of aromatic nitrogens is 1. The summed E-state index contributed by atoms with van der Waals surface area (Å²) in [6.45, 7) is 3.41. The Balaban J connectivity index is 2.11. The molecule has 1 heterocycles. The molecular formula is C14H14N2OS. The molecule has 0 fully saturated rings. The molecule has 92 valence electrons. The molecule has 0 aliphatic carbocycles. The Bertz CT molecular complexity index is 557. The summed E-state index contributed by atoms with van der Waals surface area (Å²) in [6.07, 6.45) is 1.02. The van der Waals surface area contributed by atoms with Gasteiger partial charge >= 0.3 is 0 Å². The van der Waals surface area contributed by atoms with E-state index in [2.05, 4.69) is 18.0 Å². The first-order valence-electron chi connectivity index (χ1n) is 5.86. The van der Waals surface area contributed by atoms with Gasteiger partial charge in [-0.2, -0.15) is 5.26 Å². The molecule has 0 saturated heterocycles. The summed E-state index contributed by atoms with van der Waals surface area (Å²) in [4.78, 5) is 4.51. The zero-order chi connectivity index (χ0) is 12.8. The maximum atomic E-state index is 8.87. The second kappa shape index (κ2) is 6.29. The lowest BCUT2D eigenvalue weighted by Gasteiger charge is -1.98. The monoisotopic (exact) mass is 258 g/mol. The second-order valence-electron chi connectivity index (χ2n) is 3.87. The minimum atomic E-state index is 0.566. The van der Waals surface area contributed by atoms with Gasteiger partial charge in [0.15, 0.2) is 0 Å². The molecule has 0 amide bonds. The first kappa shape index (κ1) is 12.7. The van der Waals surface area contributed by atoms with Crippen LogP contribution in [0.1, 0.15) is 23.9 Å². The van der Waals surface area contributed by atoms with Crippen LogP contribution in [0.5, 0.6) is 0 Å². The van der Waals surface area contributed by atoms with Crippen LogP contribution in [-0.4, -0.2) is 11.6 Å². The minimum Gasteiger partial charge on any atom is -0.374 e. The fourth-order valence-electron chi connectivity index (χ4n) is 1.56. The number of nitrogens with zero attached hydrogens (tertiary/aromatic N) is 2. The highest BCUT2D eigenvalue weighted by Crippen LogP contribution is 2.23. The largest absolute Gasteiger partial charge is 0.374 e. The molecule has 0 N–H and O–H groups in total. The Kier molecular flexibility index (Phi) is 4.46. The summed E-state index contributed by atoms with van der Waals surface area (Å²) in [5.74, 6) is 0. The summed E-state index contributed by atoms with van der Waals surface area (Å²) in [7, 11) is 0. The van der Waals surface area contributed by atoms with Crippen LogP contribution < -0.4 is 0 Å². The summed E-state index contributed by atoms with van der Waals surface area (Å²) in [6, 6.07) is 9.62. The highest BCUT2D eigenvalue weighted by molar-refractivity contribution is 7.09. The van der Waals surface area contributed by atoms with E-state index in [1.165, 1.54) is 0 Å². The number of hydrogen-bond donors (Lipinski definition) is 0. The van der Waals surface area contributed by atoms with Gasteiger partial charge in [0.25, 0.3) is 0 Å². The summed E-state index contributed by atoms with van der Waals surface area (Å²) in [5, 5.41) is 11.8. The van der Waals surface area contributed by atoms with Crippen LogP contribution in [0.3, 0.4) is 0 Å². The smallest absolute Gasteiger partial charge is 0.119 e. The van der Waals surface area contributed by atoms with Crippen LogP contribution in [-0.2, 0) is 11.3 Å². The Morgan fingerprint density at radius 1 is 1.44 bits per heavy atom. The van der Waals surface area contributed by atoms with Crippen molar-refractivity contribution < 1.29 is 4.74 Å². The Labute approximate surface area is 111 Å². The number of rotatable bonds is 5. The quantitative estimate of drug-likeness (QED) is 0.770. The fraction of sp³-hybridized carbons (Fsp3) is 0.286. The molecule has 0 aliphatic rings. The zero-order valence-corrected chi connectivity index (χ0v) is 11.0. The highest BCUT2D eigenvalue weighted by atomic mass is 32.1. The third kappa shape index (κ3) is 3.16. The van der Waals surface area contributed by atoms with Crippen molar-refractivity contribution in [1.29, 1.82) is 5.26 Å². The topological polar surface area (TPSA) is 45.9 Å². The molecule has 0 spiro atoms. The molecule has 4 heteroatoms. The van der Waals surface area contributed by atoms with E-state index in [1.54, 1.807) is 17.4 Å². The van der Waals surface area contributed by atoms with E-state index in [-0.39, 0.29) is 0 Å². The first-order valence-corrected chi connectivity index (χ1v) is 6.74. The standard InChI is InChI=1S/C14H14N2OS/c1-2-6-17-9-14-16-13(10-18-14)12-5-3-4-11(7-12)8-15/h3-5,7,10H,2,6,9H2,1H3. The van der Waals surface area contributed by atoms with Crippen molar-refractivity contribution in [3.05, 3.63) is 40.2 Å². The van der Waals surface area contributed by atoms with Crippen molar-refractivity contribution in [1.82, 2.24) is 4.98 Å². The number of hydrogen-bond acceptors (Lipinski definition) is 4. The second-order valence-corrected chi connectivity index (χ2v) is 4.81. The predicted octanol–water partition coefficient (Wildman–Crippen LogP) is 3.61. The molecular weight excluding hydrogens is 244 g/mol. The molecule has 0 unspecified atom stereocenters. The molecule has 0 radical (unpaired) electrons. The molecule has 0 saturated carbocycles. The first-order chi connectivity index (χ1) is 8.83. The molecule has 0 aliphatic heterocycles. The lowest BCUT2D eigenvalue weighted by Crippen LogP contribution is -1.93. The number of nitriles is 1. The van der Waals surface area contributed by atoms with Gasteiger partial charge in [-0.15, -0.1) is 11.3 Å². The van der Waals surface area contributed by atoms with Gasteiger partial charge in [-0.3, -0.25) is 0 Å². The normalized spacial score (nSPS) is 10.2. The molecule has 3 nitrogen and oxygen atoms in total. The lowest BCUT2D eigenvalue weighted by molar-refractivity contribution is 0.121. The molecule has 1 aromatic heterocycles. The van der Waals surface area contributed by atoms with Crippen molar-refractivity contribution >= 4 is 11.3 Å². The molecule has 0 atom stereocenters. The van der Waals surface area contributed by atoms with E-state index < -0.39 is 0 Å². The van der Waals surface area contributed by atoms with Crippen LogP contribution in [0.25, 0.3) is 11.3 Å². The van der Waals surface area contributed by atoms with Crippen molar-refractivity contribution in [3.63, 3.8) is 0 Å². The molecule has 2 rings (SSSR count). The van der Waals surface area contributed by atoms with Crippen LogP contribution in [0.15, 0.2) is 29.6 Å².